The van der Waals surface area contributed by atoms with Crippen molar-refractivity contribution in [3.8, 4) is 27.7 Å². The molecule has 0 spiro atoms. The van der Waals surface area contributed by atoms with Gasteiger partial charge in [-0.05, 0) is 85.0 Å². The number of hydrogen-bond acceptors (Lipinski definition) is 5. The SMILES string of the molecule is CCCn1cncc1/C=C/C1C=CC(Oc2c(-c3ccc(O)cc3)sc3cc(O)ccc23)=CC1. The van der Waals surface area contributed by atoms with Crippen LogP contribution >= 0.6 is 11.3 Å². The largest absolute Gasteiger partial charge is 0.508 e. The maximum absolute atomic E-state index is 9.95. The highest BCUT2D eigenvalue weighted by molar-refractivity contribution is 7.22. The number of fused-ring (bicyclic) bond motifs is 1. The molecule has 5 nitrogen and oxygen atoms in total. The highest BCUT2D eigenvalue weighted by Gasteiger charge is 2.18. The van der Waals surface area contributed by atoms with Gasteiger partial charge in [-0.3, -0.25) is 0 Å². The number of aryl methyl sites for hydroxylation is 1. The molecule has 1 aliphatic carbocycles. The predicted molar refractivity (Wildman–Crippen MR) is 138 cm³/mol. The highest BCUT2D eigenvalue weighted by Crippen LogP contribution is 2.46. The first-order chi connectivity index (χ1) is 16.6. The third kappa shape index (κ3) is 4.63. The van der Waals surface area contributed by atoms with Crippen molar-refractivity contribution in [2.75, 3.05) is 0 Å². The van der Waals surface area contributed by atoms with Gasteiger partial charge in [0.2, 0.25) is 0 Å². The summed E-state index contributed by atoms with van der Waals surface area (Å²) in [6.45, 7) is 3.13. The summed E-state index contributed by atoms with van der Waals surface area (Å²) in [6, 6.07) is 12.4. The molecule has 0 amide bonds. The lowest BCUT2D eigenvalue weighted by Gasteiger charge is -2.15. The molecule has 0 bridgehead atoms. The van der Waals surface area contributed by atoms with E-state index in [0.29, 0.717) is 5.92 Å². The molecule has 5 rings (SSSR count). The molecule has 1 aliphatic rings. The number of phenols is 2. The maximum atomic E-state index is 9.95. The maximum Gasteiger partial charge on any atom is 0.153 e. The smallest absolute Gasteiger partial charge is 0.153 e. The van der Waals surface area contributed by atoms with E-state index >= 15 is 0 Å². The van der Waals surface area contributed by atoms with Crippen LogP contribution in [-0.4, -0.2) is 19.8 Å². The van der Waals surface area contributed by atoms with Crippen LogP contribution in [0.25, 0.3) is 26.6 Å². The minimum atomic E-state index is 0.222. The standard InChI is InChI=1S/C28H26N2O3S/c1-2-15-30-18-29-17-21(30)8-3-19-4-12-24(13-5-19)33-27-25-14-11-23(32)16-26(25)34-28(27)20-6-9-22(31)10-7-20/h3-4,6-14,16-19,31-32H,2,5,15H2,1H3/b8-3+. The Hall–Kier alpha value is -3.77. The van der Waals surface area contributed by atoms with Gasteiger partial charge in [-0.2, -0.15) is 0 Å². The molecule has 0 saturated heterocycles. The van der Waals surface area contributed by atoms with E-state index in [1.807, 2.05) is 36.8 Å². The fourth-order valence-electron chi connectivity index (χ4n) is 4.04. The van der Waals surface area contributed by atoms with Crippen molar-refractivity contribution in [3.05, 3.63) is 90.7 Å². The van der Waals surface area contributed by atoms with E-state index in [4.69, 9.17) is 4.74 Å². The summed E-state index contributed by atoms with van der Waals surface area (Å²) < 4.78 is 9.53. The van der Waals surface area contributed by atoms with Crippen molar-refractivity contribution in [2.45, 2.75) is 26.3 Å². The lowest BCUT2D eigenvalue weighted by atomic mass is 9.99. The molecule has 0 fully saturated rings. The van der Waals surface area contributed by atoms with Gasteiger partial charge in [-0.15, -0.1) is 11.3 Å². The number of thiophene rings is 1. The number of phenolic OH excluding ortho intramolecular Hbond substituents is 2. The highest BCUT2D eigenvalue weighted by atomic mass is 32.1. The molecule has 0 aliphatic heterocycles. The molecule has 0 saturated carbocycles. The second-order valence-corrected chi connectivity index (χ2v) is 9.38. The van der Waals surface area contributed by atoms with Gasteiger partial charge in [0, 0.05) is 16.6 Å². The Morgan fingerprint density at radius 2 is 1.97 bits per heavy atom. The van der Waals surface area contributed by atoms with Crippen LogP contribution in [0.5, 0.6) is 17.2 Å². The summed E-state index contributed by atoms with van der Waals surface area (Å²) in [4.78, 5) is 5.22. The van der Waals surface area contributed by atoms with Gasteiger partial charge in [0.25, 0.3) is 0 Å². The summed E-state index contributed by atoms with van der Waals surface area (Å²) >= 11 is 1.56. The Bertz CT molecular complexity index is 1390. The van der Waals surface area contributed by atoms with Crippen molar-refractivity contribution in [1.82, 2.24) is 9.55 Å². The van der Waals surface area contributed by atoms with Crippen molar-refractivity contribution >= 4 is 27.5 Å². The molecule has 34 heavy (non-hydrogen) atoms. The van der Waals surface area contributed by atoms with Crippen LogP contribution < -0.4 is 4.74 Å². The first kappa shape index (κ1) is 22.0. The van der Waals surface area contributed by atoms with Crippen molar-refractivity contribution in [3.63, 3.8) is 0 Å². The average Bonchev–Trinajstić information content (AvgIpc) is 3.43. The van der Waals surface area contributed by atoms with E-state index in [-0.39, 0.29) is 11.5 Å². The molecule has 6 heteroatoms. The van der Waals surface area contributed by atoms with Gasteiger partial charge in [0.05, 0.1) is 23.1 Å². The van der Waals surface area contributed by atoms with Gasteiger partial charge >= 0.3 is 0 Å². The lowest BCUT2D eigenvalue weighted by Crippen LogP contribution is -2.02. The first-order valence-electron chi connectivity index (χ1n) is 11.4. The molecule has 0 radical (unpaired) electrons. The summed E-state index contributed by atoms with van der Waals surface area (Å²) in [5, 5.41) is 20.6. The zero-order valence-electron chi connectivity index (χ0n) is 18.9. The van der Waals surface area contributed by atoms with Crippen LogP contribution in [0.1, 0.15) is 25.5 Å². The molecular formula is C28H26N2O3S. The van der Waals surface area contributed by atoms with E-state index in [9.17, 15) is 10.2 Å². The third-order valence-corrected chi connectivity index (χ3v) is 6.98. The van der Waals surface area contributed by atoms with E-state index in [1.54, 1.807) is 35.6 Å². The zero-order chi connectivity index (χ0) is 23.5. The minimum Gasteiger partial charge on any atom is -0.508 e. The molecule has 2 N–H and O–H groups in total. The topological polar surface area (TPSA) is 67.5 Å². The Kier molecular flexibility index (Phi) is 6.23. The zero-order valence-corrected chi connectivity index (χ0v) is 19.7. The van der Waals surface area contributed by atoms with Crippen LogP contribution in [-0.2, 0) is 6.54 Å². The van der Waals surface area contributed by atoms with E-state index in [2.05, 4.69) is 40.8 Å². The summed E-state index contributed by atoms with van der Waals surface area (Å²) in [5.74, 6) is 2.31. The van der Waals surface area contributed by atoms with E-state index in [1.165, 1.54) is 0 Å². The number of rotatable bonds is 7. The van der Waals surface area contributed by atoms with Crippen molar-refractivity contribution < 1.29 is 14.9 Å². The monoisotopic (exact) mass is 470 g/mol. The second kappa shape index (κ2) is 9.61. The van der Waals surface area contributed by atoms with Gasteiger partial charge < -0.3 is 19.5 Å². The second-order valence-electron chi connectivity index (χ2n) is 8.33. The van der Waals surface area contributed by atoms with Crippen LogP contribution in [0, 0.1) is 5.92 Å². The van der Waals surface area contributed by atoms with E-state index < -0.39 is 0 Å². The number of aromatic nitrogens is 2. The summed E-state index contributed by atoms with van der Waals surface area (Å²) in [5.41, 5.74) is 2.08. The molecule has 172 valence electrons. The average molecular weight is 471 g/mol. The molecular weight excluding hydrogens is 444 g/mol. The predicted octanol–water partition coefficient (Wildman–Crippen LogP) is 7.14. The minimum absolute atomic E-state index is 0.222. The Morgan fingerprint density at radius 1 is 1.15 bits per heavy atom. The van der Waals surface area contributed by atoms with Gasteiger partial charge in [0.1, 0.15) is 17.3 Å². The van der Waals surface area contributed by atoms with Crippen LogP contribution in [0.15, 0.2) is 85.1 Å². The quantitative estimate of drug-likeness (QED) is 0.301. The molecule has 2 aromatic carbocycles. The number of ether oxygens (including phenoxy) is 1. The first-order valence-corrected chi connectivity index (χ1v) is 12.2. The molecule has 1 atom stereocenters. The van der Waals surface area contributed by atoms with E-state index in [0.717, 1.165) is 57.1 Å². The lowest BCUT2D eigenvalue weighted by molar-refractivity contribution is 0.444. The Balaban J connectivity index is 1.37. The molecule has 1 unspecified atom stereocenters. The number of imidazole rings is 1. The Morgan fingerprint density at radius 3 is 2.74 bits per heavy atom. The molecule has 2 heterocycles. The number of nitrogens with zero attached hydrogens (tertiary/aromatic N) is 2. The normalized spacial score (nSPS) is 15.8. The number of allylic oxidation sites excluding steroid dienone is 4. The van der Waals surface area contributed by atoms with Gasteiger partial charge in [-0.25, -0.2) is 4.98 Å². The van der Waals surface area contributed by atoms with Crippen molar-refractivity contribution in [1.29, 1.82) is 0 Å². The third-order valence-electron chi connectivity index (χ3n) is 5.80. The fourth-order valence-corrected chi connectivity index (χ4v) is 5.21. The van der Waals surface area contributed by atoms with Gasteiger partial charge in [0.15, 0.2) is 5.75 Å². The Labute approximate surface area is 202 Å². The van der Waals surface area contributed by atoms with Crippen LogP contribution in [0.4, 0.5) is 0 Å². The number of aromatic hydroxyl groups is 2. The summed E-state index contributed by atoms with van der Waals surface area (Å²) in [7, 11) is 0. The number of hydrogen-bond donors (Lipinski definition) is 2. The van der Waals surface area contributed by atoms with Crippen molar-refractivity contribution in [2.24, 2.45) is 5.92 Å². The van der Waals surface area contributed by atoms with Crippen LogP contribution in [0.3, 0.4) is 0 Å². The number of benzene rings is 2. The molecule has 4 aromatic rings. The van der Waals surface area contributed by atoms with Gasteiger partial charge in [-0.1, -0.05) is 19.1 Å². The molecule has 2 aromatic heterocycles. The van der Waals surface area contributed by atoms with Crippen LogP contribution in [0.2, 0.25) is 0 Å². The summed E-state index contributed by atoms with van der Waals surface area (Å²) in [6.07, 6.45) is 16.3. The fraction of sp³-hybridized carbons (Fsp3) is 0.179.